The van der Waals surface area contributed by atoms with Gasteiger partial charge in [-0.1, -0.05) is 48.5 Å². The maximum absolute atomic E-state index is 13.2. The summed E-state index contributed by atoms with van der Waals surface area (Å²) in [5.41, 5.74) is 1.18. The van der Waals surface area contributed by atoms with Gasteiger partial charge < -0.3 is 15.2 Å². The van der Waals surface area contributed by atoms with Gasteiger partial charge in [-0.15, -0.1) is 0 Å². The molecule has 4 aromatic rings. The Labute approximate surface area is 184 Å². The average molecular weight is 428 g/mol. The molecule has 7 nitrogen and oxygen atoms in total. The van der Waals surface area contributed by atoms with E-state index in [-0.39, 0.29) is 11.4 Å². The van der Waals surface area contributed by atoms with Gasteiger partial charge in [0, 0.05) is 23.3 Å². The second-order valence-corrected chi connectivity index (χ2v) is 7.21. The van der Waals surface area contributed by atoms with E-state index in [0.29, 0.717) is 22.4 Å². The molecule has 0 aliphatic heterocycles. The summed E-state index contributed by atoms with van der Waals surface area (Å²) in [5, 5.41) is 26.7. The largest absolute Gasteiger partial charge is 0.508 e. The second-order valence-electron chi connectivity index (χ2n) is 7.21. The van der Waals surface area contributed by atoms with Crippen molar-refractivity contribution in [2.45, 2.75) is 6.04 Å². The van der Waals surface area contributed by atoms with E-state index in [1.807, 2.05) is 24.3 Å². The van der Waals surface area contributed by atoms with Gasteiger partial charge in [-0.25, -0.2) is 0 Å². The molecular formula is C25H20N2O5. The maximum Gasteiger partial charge on any atom is 0.269 e. The van der Waals surface area contributed by atoms with Crippen LogP contribution >= 0.6 is 0 Å². The molecule has 1 amide bonds. The smallest absolute Gasteiger partial charge is 0.269 e. The number of hydrogen-bond acceptors (Lipinski definition) is 5. The summed E-state index contributed by atoms with van der Waals surface area (Å²) < 4.78 is 5.20. The number of hydrogen-bond donors (Lipinski definition) is 2. The summed E-state index contributed by atoms with van der Waals surface area (Å²) >= 11 is 0. The normalized spacial score (nSPS) is 11.7. The molecule has 0 heterocycles. The van der Waals surface area contributed by atoms with Crippen LogP contribution in [0.1, 0.15) is 27.5 Å². The van der Waals surface area contributed by atoms with E-state index in [2.05, 4.69) is 5.32 Å². The molecule has 4 rings (SSSR count). The number of carbonyl (C=O) groups is 1. The molecule has 32 heavy (non-hydrogen) atoms. The molecule has 0 saturated carbocycles. The lowest BCUT2D eigenvalue weighted by atomic mass is 9.92. The van der Waals surface area contributed by atoms with Gasteiger partial charge in [0.25, 0.3) is 11.6 Å². The Hall–Kier alpha value is -4.39. The number of phenols is 1. The Morgan fingerprint density at radius 2 is 1.78 bits per heavy atom. The van der Waals surface area contributed by atoms with Gasteiger partial charge >= 0.3 is 0 Å². The number of ether oxygens (including phenoxy) is 1. The molecule has 0 radical (unpaired) electrons. The molecule has 0 spiro atoms. The van der Waals surface area contributed by atoms with E-state index in [0.717, 1.165) is 10.8 Å². The Bertz CT molecular complexity index is 1320. The van der Waals surface area contributed by atoms with Crippen molar-refractivity contribution in [3.05, 3.63) is 112 Å². The van der Waals surface area contributed by atoms with E-state index in [1.165, 1.54) is 19.2 Å². The molecule has 0 fully saturated rings. The number of nitrogens with one attached hydrogen (secondary N) is 1. The molecule has 160 valence electrons. The van der Waals surface area contributed by atoms with Gasteiger partial charge in [0.05, 0.1) is 18.1 Å². The van der Waals surface area contributed by atoms with Gasteiger partial charge in [0.1, 0.15) is 11.5 Å². The van der Waals surface area contributed by atoms with Crippen molar-refractivity contribution in [1.29, 1.82) is 0 Å². The van der Waals surface area contributed by atoms with Crippen LogP contribution in [0.2, 0.25) is 0 Å². The number of rotatable bonds is 6. The van der Waals surface area contributed by atoms with Crippen LogP contribution in [0.15, 0.2) is 84.9 Å². The minimum Gasteiger partial charge on any atom is -0.508 e. The average Bonchev–Trinajstić information content (AvgIpc) is 2.83. The topological polar surface area (TPSA) is 102 Å². The Kier molecular flexibility index (Phi) is 5.72. The summed E-state index contributed by atoms with van der Waals surface area (Å²) in [6.45, 7) is 0. The highest BCUT2D eigenvalue weighted by molar-refractivity contribution is 5.96. The minimum atomic E-state index is -0.834. The first kappa shape index (κ1) is 20.9. The summed E-state index contributed by atoms with van der Waals surface area (Å²) in [6, 6.07) is 22.6. The van der Waals surface area contributed by atoms with E-state index in [1.54, 1.807) is 48.5 Å². The minimum absolute atomic E-state index is 0.0221. The lowest BCUT2D eigenvalue weighted by Gasteiger charge is -2.23. The molecule has 0 aromatic heterocycles. The van der Waals surface area contributed by atoms with Crippen molar-refractivity contribution in [3.8, 4) is 11.5 Å². The first-order valence-corrected chi connectivity index (χ1v) is 9.88. The monoisotopic (exact) mass is 428 g/mol. The maximum atomic E-state index is 13.2. The molecule has 0 unspecified atom stereocenters. The van der Waals surface area contributed by atoms with Crippen LogP contribution in [-0.2, 0) is 0 Å². The zero-order chi connectivity index (χ0) is 22.7. The third-order valence-corrected chi connectivity index (χ3v) is 5.26. The molecule has 4 aromatic carbocycles. The van der Waals surface area contributed by atoms with Gasteiger partial charge in [0.2, 0.25) is 0 Å². The van der Waals surface area contributed by atoms with Gasteiger partial charge in [-0.2, -0.15) is 0 Å². The Balaban J connectivity index is 1.86. The summed E-state index contributed by atoms with van der Waals surface area (Å²) in [6.07, 6.45) is 0. The van der Waals surface area contributed by atoms with Gasteiger partial charge in [0.15, 0.2) is 0 Å². The van der Waals surface area contributed by atoms with Crippen molar-refractivity contribution in [2.75, 3.05) is 7.11 Å². The number of nitrogens with zero attached hydrogens (tertiary/aromatic N) is 1. The summed E-state index contributed by atoms with van der Waals surface area (Å²) in [7, 11) is 1.51. The zero-order valence-electron chi connectivity index (χ0n) is 17.2. The lowest BCUT2D eigenvalue weighted by molar-refractivity contribution is -0.384. The van der Waals surface area contributed by atoms with Crippen molar-refractivity contribution < 1.29 is 19.6 Å². The highest BCUT2D eigenvalue weighted by Gasteiger charge is 2.24. The van der Waals surface area contributed by atoms with E-state index >= 15 is 0 Å². The van der Waals surface area contributed by atoms with Crippen molar-refractivity contribution >= 4 is 22.4 Å². The molecule has 0 bridgehead atoms. The fourth-order valence-corrected chi connectivity index (χ4v) is 3.71. The number of benzene rings is 4. The van der Waals surface area contributed by atoms with Crippen LogP contribution in [-0.4, -0.2) is 23.0 Å². The number of amides is 1. The lowest BCUT2D eigenvalue weighted by Crippen LogP contribution is -2.29. The number of fused-ring (bicyclic) bond motifs is 1. The molecule has 0 aliphatic rings. The predicted octanol–water partition coefficient (Wildman–Crippen LogP) is 4.98. The van der Waals surface area contributed by atoms with Gasteiger partial charge in [-0.3, -0.25) is 14.9 Å². The molecular weight excluding hydrogens is 408 g/mol. The third-order valence-electron chi connectivity index (χ3n) is 5.26. The van der Waals surface area contributed by atoms with E-state index in [4.69, 9.17) is 4.74 Å². The van der Waals surface area contributed by atoms with Crippen LogP contribution in [0.3, 0.4) is 0 Å². The number of non-ortho nitro benzene ring substituents is 1. The Morgan fingerprint density at radius 3 is 2.56 bits per heavy atom. The SMILES string of the molecule is COc1cccc(C(=O)N[C@@H](c2cccc([N+](=O)[O-])c2)c2c(O)ccc3ccccc23)c1. The van der Waals surface area contributed by atoms with Crippen molar-refractivity contribution in [1.82, 2.24) is 5.32 Å². The summed E-state index contributed by atoms with van der Waals surface area (Å²) in [5.74, 6) is 0.0939. The highest BCUT2D eigenvalue weighted by atomic mass is 16.6. The highest BCUT2D eigenvalue weighted by Crippen LogP contribution is 2.37. The van der Waals surface area contributed by atoms with Crippen molar-refractivity contribution in [2.24, 2.45) is 0 Å². The molecule has 1 atom stereocenters. The van der Waals surface area contributed by atoms with E-state index < -0.39 is 16.9 Å². The quantitative estimate of drug-likeness (QED) is 0.333. The molecule has 0 aliphatic carbocycles. The first-order chi connectivity index (χ1) is 15.5. The third kappa shape index (κ3) is 4.09. The van der Waals surface area contributed by atoms with Gasteiger partial charge in [-0.05, 0) is 40.6 Å². The number of methoxy groups -OCH3 is 1. The van der Waals surface area contributed by atoms with Crippen LogP contribution in [0, 0.1) is 10.1 Å². The number of nitro groups is 1. The molecule has 2 N–H and O–H groups in total. The zero-order valence-corrected chi connectivity index (χ0v) is 17.2. The number of phenolic OH excluding ortho intramolecular Hbond substituents is 1. The van der Waals surface area contributed by atoms with E-state index in [9.17, 15) is 20.0 Å². The first-order valence-electron chi connectivity index (χ1n) is 9.88. The number of aromatic hydroxyl groups is 1. The van der Waals surface area contributed by atoms with Crippen LogP contribution < -0.4 is 10.1 Å². The van der Waals surface area contributed by atoms with Crippen LogP contribution in [0.25, 0.3) is 10.8 Å². The van der Waals surface area contributed by atoms with Crippen LogP contribution in [0.4, 0.5) is 5.69 Å². The van der Waals surface area contributed by atoms with Crippen LogP contribution in [0.5, 0.6) is 11.5 Å². The number of carbonyl (C=O) groups excluding carboxylic acids is 1. The second kappa shape index (κ2) is 8.77. The standard InChI is InChI=1S/C25H20N2O5/c1-32-20-10-5-8-18(15-20)25(29)26-24(17-7-4-9-19(14-17)27(30)31)23-21-11-3-2-6-16(21)12-13-22(23)28/h2-15,24,28H,1H3,(H,26,29)/t24-/m0/s1. The predicted molar refractivity (Wildman–Crippen MR) is 121 cm³/mol. The Morgan fingerprint density at radius 1 is 1.00 bits per heavy atom. The molecule has 0 saturated heterocycles. The van der Waals surface area contributed by atoms with Crippen molar-refractivity contribution in [3.63, 3.8) is 0 Å². The fraction of sp³-hybridized carbons (Fsp3) is 0.0800. The summed E-state index contributed by atoms with van der Waals surface area (Å²) in [4.78, 5) is 24.0. The molecule has 7 heteroatoms. The number of nitro benzene ring substituents is 1. The fourth-order valence-electron chi connectivity index (χ4n) is 3.71.